The first kappa shape index (κ1) is 13.7. The van der Waals surface area contributed by atoms with Gasteiger partial charge in [-0.1, -0.05) is 0 Å². The highest BCUT2D eigenvalue weighted by Gasteiger charge is 2.18. The zero-order chi connectivity index (χ0) is 13.8. The van der Waals surface area contributed by atoms with E-state index in [-0.39, 0.29) is 6.04 Å². The van der Waals surface area contributed by atoms with Crippen molar-refractivity contribution in [2.24, 2.45) is 0 Å². The summed E-state index contributed by atoms with van der Waals surface area (Å²) in [4.78, 5) is 12.3. The average molecular weight is 267 g/mol. The quantitative estimate of drug-likeness (QED) is 0.675. The summed E-state index contributed by atoms with van der Waals surface area (Å²) >= 11 is 0. The summed E-state index contributed by atoms with van der Waals surface area (Å²) in [6.07, 6.45) is 3.11. The van der Waals surface area contributed by atoms with Gasteiger partial charge in [-0.25, -0.2) is 0 Å². The van der Waals surface area contributed by atoms with E-state index in [0.29, 0.717) is 5.69 Å². The lowest BCUT2D eigenvalue weighted by Crippen LogP contribution is -2.23. The summed E-state index contributed by atoms with van der Waals surface area (Å²) in [7, 11) is 2.09. The highest BCUT2D eigenvalue weighted by atomic mass is 19.1. The maximum Gasteiger partial charge on any atom is 0.306 e. The highest BCUT2D eigenvalue weighted by Crippen LogP contribution is 2.23. The number of nitro groups is 1. The maximum atomic E-state index is 13.2. The summed E-state index contributed by atoms with van der Waals surface area (Å²) in [5, 5.41) is 14.0. The van der Waals surface area contributed by atoms with Crippen molar-refractivity contribution in [3.05, 3.63) is 34.1 Å². The van der Waals surface area contributed by atoms with Crippen LogP contribution in [-0.4, -0.2) is 36.0 Å². The first-order valence-electron chi connectivity index (χ1n) is 6.45. The predicted octanol–water partition coefficient (Wildman–Crippen LogP) is 2.63. The van der Waals surface area contributed by atoms with Crippen molar-refractivity contribution in [2.75, 3.05) is 25.5 Å². The lowest BCUT2D eigenvalue weighted by atomic mass is 10.1. The molecule has 1 unspecified atom stereocenters. The first-order valence-corrected chi connectivity index (χ1v) is 6.45. The molecular weight excluding hydrogens is 249 g/mol. The van der Waals surface area contributed by atoms with Crippen LogP contribution >= 0.6 is 0 Å². The lowest BCUT2D eigenvalue weighted by Gasteiger charge is -2.18. The van der Waals surface area contributed by atoms with Crippen molar-refractivity contribution in [1.29, 1.82) is 0 Å². The van der Waals surface area contributed by atoms with E-state index in [2.05, 4.69) is 17.3 Å². The molecule has 1 saturated heterocycles. The fourth-order valence-electron chi connectivity index (χ4n) is 2.36. The van der Waals surface area contributed by atoms with E-state index >= 15 is 0 Å². The van der Waals surface area contributed by atoms with Gasteiger partial charge in [0.1, 0.15) is 0 Å². The van der Waals surface area contributed by atoms with Crippen LogP contribution in [0.15, 0.2) is 18.2 Å². The zero-order valence-corrected chi connectivity index (χ0v) is 10.9. The van der Waals surface area contributed by atoms with Crippen LogP contribution in [0.2, 0.25) is 0 Å². The van der Waals surface area contributed by atoms with Crippen LogP contribution in [0, 0.1) is 15.9 Å². The van der Waals surface area contributed by atoms with Crippen molar-refractivity contribution < 1.29 is 9.31 Å². The van der Waals surface area contributed by atoms with Gasteiger partial charge < -0.3 is 10.2 Å². The number of rotatable bonds is 3. The Morgan fingerprint density at radius 3 is 2.95 bits per heavy atom. The van der Waals surface area contributed by atoms with Crippen LogP contribution in [0.3, 0.4) is 0 Å². The number of nitrogens with zero attached hydrogens (tertiary/aromatic N) is 2. The molecule has 2 rings (SSSR count). The van der Waals surface area contributed by atoms with Gasteiger partial charge in [-0.05, 0) is 51.5 Å². The van der Waals surface area contributed by atoms with Crippen molar-refractivity contribution in [3.8, 4) is 0 Å². The maximum absolute atomic E-state index is 13.2. The van der Waals surface area contributed by atoms with Gasteiger partial charge in [0.15, 0.2) is 0 Å². The fourth-order valence-corrected chi connectivity index (χ4v) is 2.36. The fraction of sp³-hybridized carbons (Fsp3) is 0.538. The average Bonchev–Trinajstić information content (AvgIpc) is 2.56. The van der Waals surface area contributed by atoms with E-state index in [1.54, 1.807) is 6.07 Å². The SMILES string of the molecule is CN1CCCC(Nc2ccc(F)c([N+](=O)[O-])c2)CC1. The Bertz CT molecular complexity index is 467. The van der Waals surface area contributed by atoms with Gasteiger partial charge in [0.05, 0.1) is 4.92 Å². The molecule has 0 aromatic heterocycles. The topological polar surface area (TPSA) is 58.4 Å². The highest BCUT2D eigenvalue weighted by molar-refractivity contribution is 5.52. The predicted molar refractivity (Wildman–Crippen MR) is 71.8 cm³/mol. The standard InChI is InChI=1S/C13H18FN3O2/c1-16-7-2-3-10(6-8-16)15-11-4-5-12(14)13(9-11)17(18)19/h4-5,9-10,15H,2-3,6-8H2,1H3. The Morgan fingerprint density at radius 2 is 2.21 bits per heavy atom. The summed E-state index contributed by atoms with van der Waals surface area (Å²) < 4.78 is 13.2. The molecule has 0 aliphatic carbocycles. The largest absolute Gasteiger partial charge is 0.382 e. The van der Waals surface area contributed by atoms with E-state index in [1.165, 1.54) is 6.07 Å². The van der Waals surface area contributed by atoms with E-state index in [1.807, 2.05) is 0 Å². The summed E-state index contributed by atoms with van der Waals surface area (Å²) in [5.41, 5.74) is 0.137. The molecule has 1 aromatic rings. The van der Waals surface area contributed by atoms with Crippen LogP contribution in [0.25, 0.3) is 0 Å². The minimum Gasteiger partial charge on any atom is -0.382 e. The van der Waals surface area contributed by atoms with Gasteiger partial charge in [-0.2, -0.15) is 4.39 Å². The summed E-state index contributed by atoms with van der Waals surface area (Å²) in [5.74, 6) is -0.795. The molecule has 1 atom stereocenters. The molecule has 1 aliphatic rings. The monoisotopic (exact) mass is 267 g/mol. The molecule has 0 amide bonds. The van der Waals surface area contributed by atoms with Gasteiger partial charge in [0.2, 0.25) is 5.82 Å². The third-order valence-corrected chi connectivity index (χ3v) is 3.47. The van der Waals surface area contributed by atoms with Crippen LogP contribution in [0.1, 0.15) is 19.3 Å². The Balaban J connectivity index is 2.06. The van der Waals surface area contributed by atoms with Crippen molar-refractivity contribution in [3.63, 3.8) is 0 Å². The minimum absolute atomic E-state index is 0.287. The van der Waals surface area contributed by atoms with Crippen LogP contribution < -0.4 is 5.32 Å². The van der Waals surface area contributed by atoms with Crippen LogP contribution in [-0.2, 0) is 0 Å². The summed E-state index contributed by atoms with van der Waals surface area (Å²) in [6, 6.07) is 4.25. The summed E-state index contributed by atoms with van der Waals surface area (Å²) in [6.45, 7) is 2.07. The molecule has 0 bridgehead atoms. The second-order valence-corrected chi connectivity index (χ2v) is 5.00. The van der Waals surface area contributed by atoms with Gasteiger partial charge in [-0.3, -0.25) is 10.1 Å². The van der Waals surface area contributed by atoms with Crippen molar-refractivity contribution in [1.82, 2.24) is 4.90 Å². The van der Waals surface area contributed by atoms with Crippen LogP contribution in [0.4, 0.5) is 15.8 Å². The number of likely N-dealkylation sites (tertiary alicyclic amines) is 1. The molecule has 0 spiro atoms. The van der Waals surface area contributed by atoms with E-state index in [9.17, 15) is 14.5 Å². The van der Waals surface area contributed by atoms with Gasteiger partial charge in [0, 0.05) is 17.8 Å². The molecule has 6 heteroatoms. The van der Waals surface area contributed by atoms with Gasteiger partial charge in [-0.15, -0.1) is 0 Å². The third kappa shape index (κ3) is 3.64. The Hall–Kier alpha value is -1.69. The smallest absolute Gasteiger partial charge is 0.306 e. The van der Waals surface area contributed by atoms with Gasteiger partial charge >= 0.3 is 5.69 Å². The normalized spacial score (nSPS) is 20.8. The number of anilines is 1. The van der Waals surface area contributed by atoms with E-state index in [0.717, 1.165) is 38.4 Å². The Morgan fingerprint density at radius 1 is 1.42 bits per heavy atom. The molecule has 0 saturated carbocycles. The number of nitro benzene ring substituents is 1. The first-order chi connectivity index (χ1) is 9.06. The van der Waals surface area contributed by atoms with E-state index in [4.69, 9.17) is 0 Å². The second-order valence-electron chi connectivity index (χ2n) is 5.00. The van der Waals surface area contributed by atoms with Crippen LogP contribution in [0.5, 0.6) is 0 Å². The molecule has 104 valence electrons. The second kappa shape index (κ2) is 5.97. The molecular formula is C13H18FN3O2. The number of nitrogens with one attached hydrogen (secondary N) is 1. The number of halogens is 1. The zero-order valence-electron chi connectivity index (χ0n) is 10.9. The minimum atomic E-state index is -0.795. The molecule has 19 heavy (non-hydrogen) atoms. The van der Waals surface area contributed by atoms with Gasteiger partial charge in [0.25, 0.3) is 0 Å². The molecule has 1 N–H and O–H groups in total. The molecule has 0 radical (unpaired) electrons. The number of hydrogen-bond acceptors (Lipinski definition) is 4. The Labute approximate surface area is 111 Å². The lowest BCUT2D eigenvalue weighted by molar-refractivity contribution is -0.387. The molecule has 1 heterocycles. The number of hydrogen-bond donors (Lipinski definition) is 1. The molecule has 1 fully saturated rings. The Kier molecular flexibility index (Phi) is 4.31. The van der Waals surface area contributed by atoms with Crippen molar-refractivity contribution in [2.45, 2.75) is 25.3 Å². The molecule has 1 aromatic carbocycles. The molecule has 1 aliphatic heterocycles. The molecule has 5 nitrogen and oxygen atoms in total. The number of benzene rings is 1. The third-order valence-electron chi connectivity index (χ3n) is 3.47. The van der Waals surface area contributed by atoms with Crippen molar-refractivity contribution >= 4 is 11.4 Å². The van der Waals surface area contributed by atoms with E-state index < -0.39 is 16.4 Å².